The molecule has 1 fully saturated rings. The highest BCUT2D eigenvalue weighted by Gasteiger charge is 2.47. The molecule has 10 heteroatoms. The zero-order valence-corrected chi connectivity index (χ0v) is 18.5. The van der Waals surface area contributed by atoms with Crippen LogP contribution in [0.2, 0.25) is 5.02 Å². The van der Waals surface area contributed by atoms with Crippen molar-refractivity contribution in [2.45, 2.75) is 25.0 Å². The number of carboxylic acids is 1. The minimum atomic E-state index is -1.02. The highest BCUT2D eigenvalue weighted by Crippen LogP contribution is 2.38. The van der Waals surface area contributed by atoms with Crippen molar-refractivity contribution in [3.8, 4) is 11.5 Å². The molecule has 4 rings (SSSR count). The van der Waals surface area contributed by atoms with E-state index in [9.17, 15) is 14.3 Å². The molecule has 1 aromatic heterocycles. The molecule has 2 atom stereocenters. The lowest BCUT2D eigenvalue weighted by Crippen LogP contribution is -2.45. The van der Waals surface area contributed by atoms with Gasteiger partial charge in [-0.3, -0.25) is 9.69 Å². The van der Waals surface area contributed by atoms with E-state index in [1.54, 1.807) is 43.1 Å². The Kier molecular flexibility index (Phi) is 5.79. The lowest BCUT2D eigenvalue weighted by molar-refractivity contribution is -0.147. The Hall–Kier alpha value is -3.17. The first-order valence-corrected chi connectivity index (χ1v) is 10.3. The van der Waals surface area contributed by atoms with Crippen LogP contribution in [-0.2, 0) is 4.79 Å². The summed E-state index contributed by atoms with van der Waals surface area (Å²) < 4.78 is 26.0. The topological polar surface area (TPSA) is 96.8 Å². The molecule has 2 heterocycles. The summed E-state index contributed by atoms with van der Waals surface area (Å²) in [7, 11) is 3.27. The van der Waals surface area contributed by atoms with Crippen molar-refractivity contribution in [3.05, 3.63) is 47.5 Å². The molecule has 0 radical (unpaired) electrons. The average Bonchev–Trinajstić information content (AvgIpc) is 3.05. The van der Waals surface area contributed by atoms with Crippen LogP contribution in [0.5, 0.6) is 11.5 Å². The third-order valence-electron chi connectivity index (χ3n) is 5.82. The molecule has 2 N–H and O–H groups in total. The van der Waals surface area contributed by atoms with Gasteiger partial charge in [0.25, 0.3) is 0 Å². The van der Waals surface area contributed by atoms with Gasteiger partial charge in [-0.25, -0.2) is 14.4 Å². The van der Waals surface area contributed by atoms with Crippen LogP contribution in [0.4, 0.5) is 15.9 Å². The maximum atomic E-state index is 14.4. The Bertz CT molecular complexity index is 1190. The smallest absolute Gasteiger partial charge is 0.323 e. The van der Waals surface area contributed by atoms with E-state index < -0.39 is 17.3 Å². The summed E-state index contributed by atoms with van der Waals surface area (Å²) in [5.74, 6) is -0.268. The van der Waals surface area contributed by atoms with Crippen molar-refractivity contribution in [3.63, 3.8) is 0 Å². The Balaban J connectivity index is 1.70. The van der Waals surface area contributed by atoms with Crippen LogP contribution in [0.15, 0.2) is 36.7 Å². The van der Waals surface area contributed by atoms with Crippen LogP contribution in [0.25, 0.3) is 10.9 Å². The standard InChI is InChI=1S/C22H22ClFN4O4/c1-22(21(29)30)9-12(10-28(22)2)32-18-7-13-16(8-17(18)31-3)25-11-26-20(13)27-15-6-4-5-14(23)19(15)24/h4-8,11-12H,9-10H2,1-3H3,(H,29,30)(H,25,26,27)/t12-,22-/m0/s1. The number of halogens is 2. The number of likely N-dealkylation sites (N-methyl/N-ethyl adjacent to an activating group) is 1. The van der Waals surface area contributed by atoms with Crippen molar-refractivity contribution < 1.29 is 23.8 Å². The molecule has 1 saturated heterocycles. The SMILES string of the molecule is COc1cc2ncnc(Nc3cccc(Cl)c3F)c2cc1O[C@@H]1CN(C)[C@](C)(C(=O)O)C1. The monoisotopic (exact) mass is 460 g/mol. The van der Waals surface area contributed by atoms with E-state index in [0.717, 1.165) is 0 Å². The summed E-state index contributed by atoms with van der Waals surface area (Å²) in [6.07, 6.45) is 1.31. The number of carboxylic acid groups (broad SMARTS) is 1. The summed E-state index contributed by atoms with van der Waals surface area (Å²) in [4.78, 5) is 22.0. The third kappa shape index (κ3) is 3.89. The molecular weight excluding hydrogens is 439 g/mol. The fourth-order valence-electron chi connectivity index (χ4n) is 3.82. The van der Waals surface area contributed by atoms with Crippen molar-refractivity contribution in [1.82, 2.24) is 14.9 Å². The number of fused-ring (bicyclic) bond motifs is 1. The van der Waals surface area contributed by atoms with Crippen molar-refractivity contribution in [1.29, 1.82) is 0 Å². The third-order valence-corrected chi connectivity index (χ3v) is 6.12. The van der Waals surface area contributed by atoms with Crippen LogP contribution in [0.1, 0.15) is 13.3 Å². The highest BCUT2D eigenvalue weighted by atomic mass is 35.5. The molecule has 0 bridgehead atoms. The Morgan fingerprint density at radius 1 is 1.34 bits per heavy atom. The number of aromatic nitrogens is 2. The van der Waals surface area contributed by atoms with Gasteiger partial charge in [-0.2, -0.15) is 0 Å². The van der Waals surface area contributed by atoms with E-state index in [4.69, 9.17) is 21.1 Å². The number of rotatable bonds is 6. The molecule has 0 saturated carbocycles. The van der Waals surface area contributed by atoms with E-state index >= 15 is 0 Å². The molecule has 0 aliphatic carbocycles. The van der Waals surface area contributed by atoms with Gasteiger partial charge in [0.2, 0.25) is 0 Å². The summed E-state index contributed by atoms with van der Waals surface area (Å²) in [6.45, 7) is 2.11. The second-order valence-electron chi connectivity index (χ2n) is 7.87. The Morgan fingerprint density at radius 3 is 2.81 bits per heavy atom. The number of anilines is 2. The molecule has 1 aliphatic heterocycles. The van der Waals surface area contributed by atoms with Crippen molar-refractivity contribution in [2.75, 3.05) is 26.0 Å². The quantitative estimate of drug-likeness (QED) is 0.567. The number of aliphatic carboxylic acids is 1. The van der Waals surface area contributed by atoms with Gasteiger partial charge in [0.1, 0.15) is 23.8 Å². The molecule has 32 heavy (non-hydrogen) atoms. The number of methoxy groups -OCH3 is 1. The summed E-state index contributed by atoms with van der Waals surface area (Å²) in [5, 5.41) is 13.1. The van der Waals surface area contributed by atoms with Gasteiger partial charge in [-0.1, -0.05) is 17.7 Å². The maximum absolute atomic E-state index is 14.4. The second kappa shape index (κ2) is 8.40. The zero-order chi connectivity index (χ0) is 23.0. The van der Waals surface area contributed by atoms with Gasteiger partial charge in [0, 0.05) is 24.4 Å². The van der Waals surface area contributed by atoms with Crippen LogP contribution in [0, 0.1) is 5.82 Å². The first kappa shape index (κ1) is 22.0. The normalized spacial score (nSPS) is 21.0. The van der Waals surface area contributed by atoms with Gasteiger partial charge in [-0.15, -0.1) is 0 Å². The van der Waals surface area contributed by atoms with E-state index in [2.05, 4.69) is 15.3 Å². The first-order valence-electron chi connectivity index (χ1n) is 9.88. The highest BCUT2D eigenvalue weighted by molar-refractivity contribution is 6.31. The zero-order valence-electron chi connectivity index (χ0n) is 17.7. The number of nitrogens with one attached hydrogen (secondary N) is 1. The predicted octanol–water partition coefficient (Wildman–Crippen LogP) is 4.10. The maximum Gasteiger partial charge on any atom is 0.323 e. The van der Waals surface area contributed by atoms with Crippen LogP contribution in [-0.4, -0.2) is 58.3 Å². The molecule has 2 aromatic carbocycles. The molecule has 168 valence electrons. The number of hydrogen-bond acceptors (Lipinski definition) is 7. The van der Waals surface area contributed by atoms with Gasteiger partial charge in [0.15, 0.2) is 17.3 Å². The molecule has 8 nitrogen and oxygen atoms in total. The van der Waals surface area contributed by atoms with Crippen LogP contribution in [0.3, 0.4) is 0 Å². The molecular formula is C22H22ClFN4O4. The first-order chi connectivity index (χ1) is 15.2. The van der Waals surface area contributed by atoms with Gasteiger partial charge in [0.05, 0.1) is 23.3 Å². The molecule has 3 aromatic rings. The van der Waals surface area contributed by atoms with Crippen LogP contribution < -0.4 is 14.8 Å². The Morgan fingerprint density at radius 2 is 2.12 bits per heavy atom. The van der Waals surface area contributed by atoms with E-state index in [1.165, 1.54) is 19.5 Å². The van der Waals surface area contributed by atoms with Crippen molar-refractivity contribution >= 4 is 40.0 Å². The summed E-state index contributed by atoms with van der Waals surface area (Å²) in [5.41, 5.74) is -0.284. The van der Waals surface area contributed by atoms with Gasteiger partial charge < -0.3 is 19.9 Å². The van der Waals surface area contributed by atoms with E-state index in [1.807, 2.05) is 0 Å². The second-order valence-corrected chi connectivity index (χ2v) is 8.28. The summed E-state index contributed by atoms with van der Waals surface area (Å²) >= 11 is 5.89. The number of carbonyl (C=O) groups is 1. The molecule has 1 aliphatic rings. The minimum Gasteiger partial charge on any atom is -0.493 e. The largest absolute Gasteiger partial charge is 0.493 e. The minimum absolute atomic E-state index is 0.00844. The fraction of sp³-hybridized carbons (Fsp3) is 0.318. The number of nitrogens with zero attached hydrogens (tertiary/aromatic N) is 3. The number of likely N-dealkylation sites (tertiary alicyclic amines) is 1. The number of ether oxygens (including phenoxy) is 2. The van der Waals surface area contributed by atoms with Crippen LogP contribution >= 0.6 is 11.6 Å². The van der Waals surface area contributed by atoms with Gasteiger partial charge in [-0.05, 0) is 32.2 Å². The molecule has 0 spiro atoms. The fourth-order valence-corrected chi connectivity index (χ4v) is 4.00. The summed E-state index contributed by atoms with van der Waals surface area (Å²) in [6, 6.07) is 8.04. The molecule has 0 amide bonds. The van der Waals surface area contributed by atoms with E-state index in [0.29, 0.717) is 41.2 Å². The lowest BCUT2D eigenvalue weighted by atomic mass is 9.99. The Labute approximate surface area is 188 Å². The number of benzene rings is 2. The van der Waals surface area contributed by atoms with Gasteiger partial charge >= 0.3 is 5.97 Å². The lowest BCUT2D eigenvalue weighted by Gasteiger charge is -2.26. The average molecular weight is 461 g/mol. The van der Waals surface area contributed by atoms with Crippen molar-refractivity contribution in [2.24, 2.45) is 0 Å². The molecule has 0 unspecified atom stereocenters. The predicted molar refractivity (Wildman–Crippen MR) is 118 cm³/mol. The van der Waals surface area contributed by atoms with E-state index in [-0.39, 0.29) is 16.8 Å². The number of hydrogen-bond donors (Lipinski definition) is 2.